The minimum Gasteiger partial charge on any atom is -0.682 e. The first kappa shape index (κ1) is 31.1. The molecule has 192 valence electrons. The zero-order chi connectivity index (χ0) is 24.2. The van der Waals surface area contributed by atoms with Crippen LogP contribution in [0.4, 0.5) is 0 Å². The van der Waals surface area contributed by atoms with E-state index in [1.165, 1.54) is 115 Å². The maximum absolute atomic E-state index is 12.0. The van der Waals surface area contributed by atoms with Gasteiger partial charge in [-0.1, -0.05) is 129 Å². The highest BCUT2D eigenvalue weighted by molar-refractivity contribution is 8.69. The summed E-state index contributed by atoms with van der Waals surface area (Å²) in [5.74, 6) is 0.663. The second-order valence-corrected chi connectivity index (χ2v) is 14.3. The van der Waals surface area contributed by atoms with Gasteiger partial charge in [0.1, 0.15) is 0 Å². The largest absolute Gasteiger partial charge is 0.682 e. The summed E-state index contributed by atoms with van der Waals surface area (Å²) in [6.07, 6.45) is 22.3. The van der Waals surface area contributed by atoms with Crippen molar-refractivity contribution in [1.82, 2.24) is 0 Å². The van der Waals surface area contributed by atoms with Crippen molar-refractivity contribution in [1.29, 1.82) is 0 Å². The van der Waals surface area contributed by atoms with Gasteiger partial charge in [-0.25, -0.2) is 0 Å². The van der Waals surface area contributed by atoms with Crippen LogP contribution in [0.1, 0.15) is 141 Å². The Morgan fingerprint density at radius 2 is 1.06 bits per heavy atom. The molecule has 0 saturated carbocycles. The summed E-state index contributed by atoms with van der Waals surface area (Å²) >= 11 is 9.81. The minimum atomic E-state index is -3.38. The molecule has 0 amide bonds. The third-order valence-corrected chi connectivity index (χ3v) is 7.33. The van der Waals surface area contributed by atoms with Gasteiger partial charge in [-0.15, -0.1) is 6.12 Å². The molecule has 5 heteroatoms. The van der Waals surface area contributed by atoms with Crippen molar-refractivity contribution in [3.63, 3.8) is 0 Å². The lowest BCUT2D eigenvalue weighted by atomic mass is 9.99. The third kappa shape index (κ3) is 18.1. The zero-order valence-corrected chi connectivity index (χ0v) is 24.0. The van der Waals surface area contributed by atoms with E-state index in [1.807, 2.05) is 6.07 Å². The molecule has 33 heavy (non-hydrogen) atoms. The highest BCUT2D eigenvalue weighted by Crippen LogP contribution is 2.47. The van der Waals surface area contributed by atoms with Gasteiger partial charge < -0.3 is 33.9 Å². The van der Waals surface area contributed by atoms with Gasteiger partial charge in [0.15, 0.2) is 5.75 Å². The highest BCUT2D eigenvalue weighted by atomic mass is 33.1. The van der Waals surface area contributed by atoms with E-state index in [2.05, 4.69) is 26.0 Å². The standard InChI is InChI=1S/C28H51O2PS2/c1-3-5-7-9-11-13-15-17-19-21-26-23-24-27(28(25-26)30-31(29,32)33)22-20-18-16-14-12-10-8-6-4-2/h23-25H,3-22H2,1-2H3,(H2,29,32,33)/p-2. The summed E-state index contributed by atoms with van der Waals surface area (Å²) in [5.41, 5.74) is 2.34. The van der Waals surface area contributed by atoms with E-state index in [1.54, 1.807) is 0 Å². The van der Waals surface area contributed by atoms with E-state index in [4.69, 9.17) is 29.0 Å². The second kappa shape index (κ2) is 20.3. The Kier molecular flexibility index (Phi) is 19.2. The lowest BCUT2D eigenvalue weighted by Crippen LogP contribution is -2.10. The predicted octanol–water partition coefficient (Wildman–Crippen LogP) is 9.34. The van der Waals surface area contributed by atoms with Gasteiger partial charge in [-0.3, -0.25) is 0 Å². The van der Waals surface area contributed by atoms with Crippen molar-refractivity contribution in [2.24, 2.45) is 0 Å². The van der Waals surface area contributed by atoms with E-state index in [-0.39, 0.29) is 0 Å². The summed E-state index contributed by atoms with van der Waals surface area (Å²) in [6, 6.07) is 6.39. The Morgan fingerprint density at radius 3 is 1.52 bits per heavy atom. The Bertz CT molecular complexity index is 590. The van der Waals surface area contributed by atoms with E-state index in [9.17, 15) is 4.89 Å². The summed E-state index contributed by atoms with van der Waals surface area (Å²) in [6.45, 7) is 4.53. The molecule has 0 heterocycles. The molecule has 0 fully saturated rings. The molecule has 0 atom stereocenters. The molecule has 0 aliphatic rings. The van der Waals surface area contributed by atoms with Crippen molar-refractivity contribution in [3.8, 4) is 5.75 Å². The molecule has 1 aromatic rings. The molecule has 1 rings (SSSR count). The molecule has 0 unspecified atom stereocenters. The van der Waals surface area contributed by atoms with Gasteiger partial charge in [0.25, 0.3) is 0 Å². The summed E-state index contributed by atoms with van der Waals surface area (Å²) in [7, 11) is 0. The fourth-order valence-corrected chi connectivity index (χ4v) is 5.32. The van der Waals surface area contributed by atoms with Crippen molar-refractivity contribution in [3.05, 3.63) is 29.3 Å². The van der Waals surface area contributed by atoms with Crippen molar-refractivity contribution in [2.75, 3.05) is 0 Å². The highest BCUT2D eigenvalue weighted by Gasteiger charge is 2.09. The van der Waals surface area contributed by atoms with E-state index < -0.39 is 6.12 Å². The van der Waals surface area contributed by atoms with Crippen LogP contribution in [0.2, 0.25) is 0 Å². The molecule has 0 bridgehead atoms. The summed E-state index contributed by atoms with van der Waals surface area (Å²) in [5, 5.41) is 0. The number of aryl methyl sites for hydroxylation is 2. The van der Waals surface area contributed by atoms with Crippen LogP contribution >= 0.6 is 6.12 Å². The lowest BCUT2D eigenvalue weighted by Gasteiger charge is -2.42. The minimum absolute atomic E-state index is 0.663. The number of benzene rings is 1. The first-order valence-electron chi connectivity index (χ1n) is 13.8. The maximum Gasteiger partial charge on any atom is 0.171 e. The van der Waals surface area contributed by atoms with Crippen LogP contribution in [0.25, 0.3) is 0 Å². The normalized spacial score (nSPS) is 11.8. The monoisotopic (exact) mass is 512 g/mol. The van der Waals surface area contributed by atoms with Crippen LogP contribution in [0.5, 0.6) is 5.75 Å². The van der Waals surface area contributed by atoms with Gasteiger partial charge in [-0.05, 0) is 42.9 Å². The Balaban J connectivity index is 2.36. The van der Waals surface area contributed by atoms with Gasteiger partial charge in [-0.2, -0.15) is 0 Å². The zero-order valence-electron chi connectivity index (χ0n) is 21.5. The number of unbranched alkanes of at least 4 members (excludes halogenated alkanes) is 16. The fraction of sp³-hybridized carbons (Fsp3) is 0.786. The topological polar surface area (TPSA) is 32.3 Å². The summed E-state index contributed by atoms with van der Waals surface area (Å²) < 4.78 is 5.58. The van der Waals surface area contributed by atoms with Crippen LogP contribution < -0.4 is 9.42 Å². The van der Waals surface area contributed by atoms with Crippen LogP contribution in [0, 0.1) is 0 Å². The van der Waals surface area contributed by atoms with Crippen molar-refractivity contribution >= 4 is 30.6 Å². The average molecular weight is 513 g/mol. The number of hydrogen-bond acceptors (Lipinski definition) is 4. The summed E-state index contributed by atoms with van der Waals surface area (Å²) in [4.78, 5) is 12.0. The van der Waals surface area contributed by atoms with Crippen LogP contribution in [0.3, 0.4) is 0 Å². The first-order valence-corrected chi connectivity index (χ1v) is 17.4. The van der Waals surface area contributed by atoms with E-state index in [0.29, 0.717) is 5.75 Å². The van der Waals surface area contributed by atoms with Gasteiger partial charge in [0.05, 0.1) is 0 Å². The van der Waals surface area contributed by atoms with E-state index >= 15 is 0 Å². The van der Waals surface area contributed by atoms with Crippen LogP contribution in [0.15, 0.2) is 18.2 Å². The lowest BCUT2D eigenvalue weighted by molar-refractivity contribution is -0.169. The molecular formula is C28H49O2PS2-2. The van der Waals surface area contributed by atoms with Gasteiger partial charge in [0.2, 0.25) is 0 Å². The molecule has 2 nitrogen and oxygen atoms in total. The smallest absolute Gasteiger partial charge is 0.171 e. The van der Waals surface area contributed by atoms with E-state index in [0.717, 1.165) is 24.8 Å². The Morgan fingerprint density at radius 1 is 0.636 bits per heavy atom. The third-order valence-electron chi connectivity index (χ3n) is 6.46. The average Bonchev–Trinajstić information content (AvgIpc) is 2.77. The first-order chi connectivity index (χ1) is 16.0. The number of rotatable bonds is 22. The van der Waals surface area contributed by atoms with Crippen LogP contribution in [-0.4, -0.2) is 0 Å². The SMILES string of the molecule is CCCCCCCCCCCc1ccc(CCCCCCCCCCC)c(O[P+]([O-])([S-])[S-])c1. The predicted molar refractivity (Wildman–Crippen MR) is 151 cm³/mol. The molecular weight excluding hydrogens is 463 g/mol. The Labute approximate surface area is 216 Å². The second-order valence-electron chi connectivity index (χ2n) is 9.64. The van der Waals surface area contributed by atoms with Crippen molar-refractivity contribution < 1.29 is 9.42 Å². The van der Waals surface area contributed by atoms with Gasteiger partial charge in [0, 0.05) is 0 Å². The molecule has 0 radical (unpaired) electrons. The Hall–Kier alpha value is 0.110. The van der Waals surface area contributed by atoms with Gasteiger partial charge >= 0.3 is 0 Å². The molecule has 0 spiro atoms. The number of hydrogen-bond donors (Lipinski definition) is 0. The molecule has 0 aliphatic heterocycles. The quantitative estimate of drug-likeness (QED) is 0.0880. The molecule has 0 N–H and O–H groups in total. The fourth-order valence-electron chi connectivity index (χ4n) is 4.43. The van der Waals surface area contributed by atoms with Crippen molar-refractivity contribution in [2.45, 2.75) is 142 Å². The molecule has 0 aliphatic carbocycles. The maximum atomic E-state index is 12.0. The van der Waals surface area contributed by atoms with Crippen LogP contribution in [-0.2, 0) is 37.3 Å². The molecule has 0 saturated heterocycles. The molecule has 1 aromatic carbocycles. The molecule has 0 aromatic heterocycles.